The lowest BCUT2D eigenvalue weighted by atomic mass is 10.2. The first-order chi connectivity index (χ1) is 14.6. The first kappa shape index (κ1) is 19.9. The third-order valence-electron chi connectivity index (χ3n) is 5.47. The van der Waals surface area contributed by atoms with Crippen LogP contribution in [0, 0.1) is 0 Å². The van der Waals surface area contributed by atoms with Crippen molar-refractivity contribution in [3.8, 4) is 0 Å². The molecule has 0 radical (unpaired) electrons. The molecule has 0 aliphatic carbocycles. The third kappa shape index (κ3) is 3.62. The smallest absolute Gasteiger partial charge is 0.271 e. The van der Waals surface area contributed by atoms with Crippen molar-refractivity contribution in [2.45, 2.75) is 32.3 Å². The maximum Gasteiger partial charge on any atom is 0.271 e. The predicted octanol–water partition coefficient (Wildman–Crippen LogP) is 6.55. The number of carbonyl (C=O) groups excluding carboxylic acids is 1. The number of thiophene rings is 1. The van der Waals surface area contributed by atoms with Gasteiger partial charge in [-0.1, -0.05) is 54.1 Å². The van der Waals surface area contributed by atoms with Crippen LogP contribution in [0.4, 0.5) is 5.13 Å². The van der Waals surface area contributed by atoms with Crippen LogP contribution >= 0.6 is 34.3 Å². The summed E-state index contributed by atoms with van der Waals surface area (Å²) in [6, 6.07) is 14.2. The van der Waals surface area contributed by atoms with Gasteiger partial charge in [-0.25, -0.2) is 4.98 Å². The van der Waals surface area contributed by atoms with Gasteiger partial charge in [0.15, 0.2) is 5.13 Å². The first-order valence-electron chi connectivity index (χ1n) is 10.1. The molecule has 4 aromatic rings. The second-order valence-electron chi connectivity index (χ2n) is 7.44. The van der Waals surface area contributed by atoms with Crippen molar-refractivity contribution in [1.82, 2.24) is 4.98 Å². The van der Waals surface area contributed by atoms with Gasteiger partial charge in [0.25, 0.3) is 5.91 Å². The quantitative estimate of drug-likeness (QED) is 0.342. The zero-order chi connectivity index (χ0) is 20.7. The molecule has 1 fully saturated rings. The number of rotatable bonds is 5. The van der Waals surface area contributed by atoms with E-state index in [1.807, 2.05) is 30.3 Å². The number of anilines is 1. The predicted molar refractivity (Wildman–Crippen MR) is 126 cm³/mol. The summed E-state index contributed by atoms with van der Waals surface area (Å²) < 4.78 is 7.95. The van der Waals surface area contributed by atoms with E-state index >= 15 is 0 Å². The number of carbonyl (C=O) groups is 1. The van der Waals surface area contributed by atoms with Crippen molar-refractivity contribution in [3.05, 3.63) is 57.9 Å². The Kier molecular flexibility index (Phi) is 5.50. The van der Waals surface area contributed by atoms with Gasteiger partial charge in [-0.3, -0.25) is 9.69 Å². The van der Waals surface area contributed by atoms with E-state index in [1.54, 1.807) is 16.2 Å². The lowest BCUT2D eigenvalue weighted by Gasteiger charge is -2.22. The molecule has 1 amide bonds. The Balaban J connectivity index is 1.57. The highest BCUT2D eigenvalue weighted by Crippen LogP contribution is 2.38. The Morgan fingerprint density at radius 2 is 2.10 bits per heavy atom. The Morgan fingerprint density at radius 1 is 1.23 bits per heavy atom. The minimum Gasteiger partial charge on any atom is -0.376 e. The Hall–Kier alpha value is -1.99. The summed E-state index contributed by atoms with van der Waals surface area (Å²) in [6.07, 6.45) is 2.98. The fraction of sp³-hybridized carbons (Fsp3) is 0.304. The summed E-state index contributed by atoms with van der Waals surface area (Å²) in [5.41, 5.74) is 2.18. The maximum atomic E-state index is 13.7. The van der Waals surface area contributed by atoms with E-state index in [-0.39, 0.29) is 12.0 Å². The van der Waals surface area contributed by atoms with E-state index in [0.717, 1.165) is 46.2 Å². The molecule has 7 heteroatoms. The molecular weight excluding hydrogens is 436 g/mol. The summed E-state index contributed by atoms with van der Waals surface area (Å²) in [5.74, 6) is -0.105. The van der Waals surface area contributed by atoms with Crippen molar-refractivity contribution in [2.24, 2.45) is 0 Å². The van der Waals surface area contributed by atoms with E-state index in [4.69, 9.17) is 21.3 Å². The van der Waals surface area contributed by atoms with Crippen LogP contribution in [-0.2, 0) is 11.2 Å². The number of hydrogen-bond acceptors (Lipinski definition) is 5. The Morgan fingerprint density at radius 3 is 2.87 bits per heavy atom. The molecule has 5 rings (SSSR count). The van der Waals surface area contributed by atoms with Crippen molar-refractivity contribution < 1.29 is 9.53 Å². The number of amides is 1. The summed E-state index contributed by atoms with van der Waals surface area (Å²) in [6.45, 7) is 3.37. The van der Waals surface area contributed by atoms with Crippen molar-refractivity contribution in [1.29, 1.82) is 0 Å². The van der Waals surface area contributed by atoms with Crippen LogP contribution in [0.5, 0.6) is 0 Å². The molecule has 0 saturated carbocycles. The molecule has 1 aliphatic rings. The maximum absolute atomic E-state index is 13.7. The highest BCUT2D eigenvalue weighted by molar-refractivity contribution is 7.23. The summed E-state index contributed by atoms with van der Waals surface area (Å²) >= 11 is 9.63. The van der Waals surface area contributed by atoms with Crippen LogP contribution in [0.25, 0.3) is 20.3 Å². The minimum atomic E-state index is -0.105. The summed E-state index contributed by atoms with van der Waals surface area (Å²) in [7, 11) is 0. The summed E-state index contributed by atoms with van der Waals surface area (Å²) in [5, 5.41) is 2.14. The molecule has 1 unspecified atom stereocenters. The van der Waals surface area contributed by atoms with E-state index < -0.39 is 0 Å². The molecule has 1 atom stereocenters. The fourth-order valence-electron chi connectivity index (χ4n) is 3.81. The molecular formula is C23H21ClN2O2S2. The molecule has 30 heavy (non-hydrogen) atoms. The molecule has 0 spiro atoms. The molecule has 154 valence electrons. The molecule has 3 heterocycles. The van der Waals surface area contributed by atoms with E-state index in [1.165, 1.54) is 16.9 Å². The first-order valence-corrected chi connectivity index (χ1v) is 12.1. The van der Waals surface area contributed by atoms with Gasteiger partial charge in [-0.05, 0) is 43.0 Å². The van der Waals surface area contributed by atoms with Gasteiger partial charge in [0, 0.05) is 16.7 Å². The number of aromatic nitrogens is 1. The Bertz CT molecular complexity index is 1230. The van der Waals surface area contributed by atoms with E-state index in [9.17, 15) is 4.79 Å². The van der Waals surface area contributed by atoms with Gasteiger partial charge >= 0.3 is 0 Å². The van der Waals surface area contributed by atoms with E-state index in [2.05, 4.69) is 19.1 Å². The monoisotopic (exact) mass is 456 g/mol. The van der Waals surface area contributed by atoms with Crippen molar-refractivity contribution >= 4 is 65.6 Å². The SMILES string of the molecule is CCc1ccc2nc(N(CC3CCCO3)C(=O)c3sc4ccccc4c3Cl)sc2c1. The zero-order valence-corrected chi connectivity index (χ0v) is 18.9. The highest BCUT2D eigenvalue weighted by atomic mass is 35.5. The lowest BCUT2D eigenvalue weighted by molar-refractivity contribution is 0.0921. The van der Waals surface area contributed by atoms with Crippen LogP contribution in [-0.4, -0.2) is 30.1 Å². The van der Waals surface area contributed by atoms with Crippen LogP contribution in [0.3, 0.4) is 0 Å². The molecule has 1 saturated heterocycles. The fourth-order valence-corrected chi connectivity index (χ4v) is 6.30. The van der Waals surface area contributed by atoms with Crippen LogP contribution < -0.4 is 4.90 Å². The number of fused-ring (bicyclic) bond motifs is 2. The summed E-state index contributed by atoms with van der Waals surface area (Å²) in [4.78, 5) is 20.8. The standard InChI is InChI=1S/C23H21ClN2O2S2/c1-2-14-9-10-17-19(12-14)30-23(25-17)26(13-15-6-5-11-28-15)22(27)21-20(24)16-7-3-4-8-18(16)29-21/h3-4,7-10,12,15H,2,5-6,11,13H2,1H3. The highest BCUT2D eigenvalue weighted by Gasteiger charge is 2.29. The second kappa shape index (κ2) is 8.27. The van der Waals surface area contributed by atoms with Gasteiger partial charge < -0.3 is 4.74 Å². The lowest BCUT2D eigenvalue weighted by Crippen LogP contribution is -2.37. The molecule has 4 nitrogen and oxygen atoms in total. The topological polar surface area (TPSA) is 42.4 Å². The molecule has 1 aliphatic heterocycles. The average Bonchev–Trinajstić information content (AvgIpc) is 3.50. The normalized spacial score (nSPS) is 16.5. The molecule has 2 aromatic carbocycles. The second-order valence-corrected chi connectivity index (χ2v) is 9.88. The largest absolute Gasteiger partial charge is 0.376 e. The van der Waals surface area contributed by atoms with Crippen LogP contribution in [0.15, 0.2) is 42.5 Å². The number of nitrogens with zero attached hydrogens (tertiary/aromatic N) is 2. The number of halogens is 1. The average molecular weight is 457 g/mol. The van der Waals surface area contributed by atoms with Crippen LogP contribution in [0.1, 0.15) is 35.0 Å². The molecule has 0 N–H and O–H groups in total. The van der Waals surface area contributed by atoms with Crippen molar-refractivity contribution in [3.63, 3.8) is 0 Å². The number of aryl methyl sites for hydroxylation is 1. The van der Waals surface area contributed by atoms with Gasteiger partial charge in [0.05, 0.1) is 27.9 Å². The number of thiazole rings is 1. The molecule has 2 aromatic heterocycles. The van der Waals surface area contributed by atoms with Gasteiger partial charge in [0.2, 0.25) is 0 Å². The van der Waals surface area contributed by atoms with Gasteiger partial charge in [-0.15, -0.1) is 11.3 Å². The van der Waals surface area contributed by atoms with E-state index in [0.29, 0.717) is 21.6 Å². The minimum absolute atomic E-state index is 0.0281. The Labute approximate surface area is 188 Å². The number of ether oxygens (including phenoxy) is 1. The van der Waals surface area contributed by atoms with Gasteiger partial charge in [-0.2, -0.15) is 0 Å². The number of hydrogen-bond donors (Lipinski definition) is 0. The van der Waals surface area contributed by atoms with Crippen LogP contribution in [0.2, 0.25) is 5.02 Å². The molecule has 0 bridgehead atoms. The third-order valence-corrected chi connectivity index (χ3v) is 8.17. The number of benzene rings is 2. The van der Waals surface area contributed by atoms with Crippen molar-refractivity contribution in [2.75, 3.05) is 18.1 Å². The van der Waals surface area contributed by atoms with Gasteiger partial charge in [0.1, 0.15) is 4.88 Å². The zero-order valence-electron chi connectivity index (χ0n) is 16.6.